The molecule has 0 spiro atoms. The fourth-order valence-electron chi connectivity index (χ4n) is 3.82. The molecule has 0 aromatic heterocycles. The second-order valence-corrected chi connectivity index (χ2v) is 6.77. The number of carbonyl (C=O) groups is 1. The van der Waals surface area contributed by atoms with Gasteiger partial charge in [-0.15, -0.1) is 0 Å². The molecule has 3 rings (SSSR count). The molecule has 0 aromatic rings. The normalized spacial score (nSPS) is 29.2. The number of rotatable bonds is 4. The lowest BCUT2D eigenvalue weighted by Gasteiger charge is -2.34. The van der Waals surface area contributed by atoms with Crippen LogP contribution in [0.3, 0.4) is 0 Å². The zero-order valence-corrected chi connectivity index (χ0v) is 12.6. The largest absolute Gasteiger partial charge is 0.381 e. The van der Waals surface area contributed by atoms with Gasteiger partial charge in [-0.1, -0.05) is 0 Å². The maximum Gasteiger partial charge on any atom is 0.222 e. The molecule has 0 radical (unpaired) electrons. The molecule has 0 aromatic carbocycles. The highest BCUT2D eigenvalue weighted by molar-refractivity contribution is 5.76. The number of hydrogen-bond donors (Lipinski definition) is 0. The second-order valence-electron chi connectivity index (χ2n) is 6.77. The number of ether oxygens (including phenoxy) is 1. The highest BCUT2D eigenvalue weighted by Crippen LogP contribution is 2.23. The molecule has 114 valence electrons. The van der Waals surface area contributed by atoms with Crippen LogP contribution in [0, 0.1) is 11.8 Å². The van der Waals surface area contributed by atoms with E-state index in [2.05, 4.69) is 9.80 Å². The summed E-state index contributed by atoms with van der Waals surface area (Å²) < 4.78 is 5.36. The van der Waals surface area contributed by atoms with Crippen LogP contribution in [-0.4, -0.2) is 61.6 Å². The topological polar surface area (TPSA) is 32.8 Å². The first-order valence-corrected chi connectivity index (χ1v) is 8.39. The Hall–Kier alpha value is -0.610. The van der Waals surface area contributed by atoms with Crippen LogP contribution in [0.5, 0.6) is 0 Å². The molecule has 4 nitrogen and oxygen atoms in total. The standard InChI is InChI=1S/C16H28N2O2/c19-16(11-15-5-10-20-13-15)18-8-3-14(4-9-18)12-17-6-1-2-7-17/h14-15H,1-13H2. The number of carbonyl (C=O) groups excluding carboxylic acids is 1. The molecule has 1 amide bonds. The van der Waals surface area contributed by atoms with E-state index in [0.717, 1.165) is 38.6 Å². The number of hydrogen-bond acceptors (Lipinski definition) is 3. The van der Waals surface area contributed by atoms with Gasteiger partial charge in [0.05, 0.1) is 0 Å². The molecule has 1 unspecified atom stereocenters. The molecule has 1 atom stereocenters. The van der Waals surface area contributed by atoms with E-state index in [1.54, 1.807) is 0 Å². The summed E-state index contributed by atoms with van der Waals surface area (Å²) >= 11 is 0. The maximum absolute atomic E-state index is 12.3. The van der Waals surface area contributed by atoms with Gasteiger partial charge in [0.1, 0.15) is 0 Å². The van der Waals surface area contributed by atoms with E-state index >= 15 is 0 Å². The minimum atomic E-state index is 0.361. The molecule has 0 saturated carbocycles. The summed E-state index contributed by atoms with van der Waals surface area (Å²) in [4.78, 5) is 17.0. The average Bonchev–Trinajstić information content (AvgIpc) is 3.13. The quantitative estimate of drug-likeness (QED) is 0.786. The molecule has 0 N–H and O–H groups in total. The Balaban J connectivity index is 1.37. The molecule has 0 bridgehead atoms. The zero-order valence-electron chi connectivity index (χ0n) is 12.6. The highest BCUT2D eigenvalue weighted by Gasteiger charge is 2.27. The van der Waals surface area contributed by atoms with E-state index in [1.807, 2.05) is 0 Å². The Morgan fingerprint density at radius 3 is 2.40 bits per heavy atom. The predicted octanol–water partition coefficient (Wildman–Crippen LogP) is 1.75. The minimum Gasteiger partial charge on any atom is -0.381 e. The molecule has 3 heterocycles. The number of amides is 1. The minimum absolute atomic E-state index is 0.361. The van der Waals surface area contributed by atoms with Crippen LogP contribution in [0.2, 0.25) is 0 Å². The van der Waals surface area contributed by atoms with Crippen molar-refractivity contribution in [3.8, 4) is 0 Å². The van der Waals surface area contributed by atoms with Crippen molar-refractivity contribution in [2.24, 2.45) is 11.8 Å². The van der Waals surface area contributed by atoms with Gasteiger partial charge in [0.15, 0.2) is 0 Å². The summed E-state index contributed by atoms with van der Waals surface area (Å²) in [6, 6.07) is 0. The Morgan fingerprint density at radius 2 is 1.75 bits per heavy atom. The molecule has 20 heavy (non-hydrogen) atoms. The third-order valence-corrected chi connectivity index (χ3v) is 5.17. The lowest BCUT2D eigenvalue weighted by Crippen LogP contribution is -2.41. The first-order chi connectivity index (χ1) is 9.81. The van der Waals surface area contributed by atoms with Gasteiger partial charge >= 0.3 is 0 Å². The van der Waals surface area contributed by atoms with E-state index in [-0.39, 0.29) is 0 Å². The summed E-state index contributed by atoms with van der Waals surface area (Å²) in [5.41, 5.74) is 0. The van der Waals surface area contributed by atoms with Crippen molar-refractivity contribution in [1.29, 1.82) is 0 Å². The van der Waals surface area contributed by atoms with Crippen molar-refractivity contribution in [1.82, 2.24) is 9.80 Å². The summed E-state index contributed by atoms with van der Waals surface area (Å²) in [6.07, 6.45) is 6.92. The van der Waals surface area contributed by atoms with Crippen molar-refractivity contribution in [2.75, 3.05) is 45.9 Å². The first kappa shape index (κ1) is 14.3. The van der Waals surface area contributed by atoms with Crippen LogP contribution in [-0.2, 0) is 9.53 Å². The third kappa shape index (κ3) is 3.73. The Morgan fingerprint density at radius 1 is 1.00 bits per heavy atom. The smallest absolute Gasteiger partial charge is 0.222 e. The van der Waals surface area contributed by atoms with Gasteiger partial charge in [-0.2, -0.15) is 0 Å². The molecule has 0 aliphatic carbocycles. The average molecular weight is 280 g/mol. The van der Waals surface area contributed by atoms with Crippen LogP contribution in [0.4, 0.5) is 0 Å². The van der Waals surface area contributed by atoms with Gasteiger partial charge in [0, 0.05) is 39.3 Å². The predicted molar refractivity (Wildman–Crippen MR) is 78.5 cm³/mol. The fourth-order valence-corrected chi connectivity index (χ4v) is 3.82. The molecular formula is C16H28N2O2. The lowest BCUT2D eigenvalue weighted by molar-refractivity contribution is -0.133. The SMILES string of the molecule is O=C(CC1CCOC1)N1CCC(CN2CCCC2)CC1. The molecule has 3 aliphatic heterocycles. The lowest BCUT2D eigenvalue weighted by atomic mass is 9.95. The Bertz CT molecular complexity index is 314. The second kappa shape index (κ2) is 6.90. The van der Waals surface area contributed by atoms with Gasteiger partial charge in [-0.3, -0.25) is 4.79 Å². The van der Waals surface area contributed by atoms with E-state index < -0.39 is 0 Å². The molecule has 3 saturated heterocycles. The van der Waals surface area contributed by atoms with Gasteiger partial charge in [0.2, 0.25) is 5.91 Å². The Kier molecular flexibility index (Phi) is 4.94. The molecule has 3 aliphatic rings. The highest BCUT2D eigenvalue weighted by atomic mass is 16.5. The monoisotopic (exact) mass is 280 g/mol. The van der Waals surface area contributed by atoms with E-state index in [0.29, 0.717) is 18.2 Å². The molecular weight excluding hydrogens is 252 g/mol. The number of piperidine rings is 1. The van der Waals surface area contributed by atoms with Gasteiger partial charge in [-0.05, 0) is 57.0 Å². The van der Waals surface area contributed by atoms with Crippen molar-refractivity contribution in [2.45, 2.75) is 38.5 Å². The molecule has 3 fully saturated rings. The Labute approximate surface area is 122 Å². The summed E-state index contributed by atoms with van der Waals surface area (Å²) in [5, 5.41) is 0. The van der Waals surface area contributed by atoms with Crippen LogP contribution in [0.1, 0.15) is 38.5 Å². The fraction of sp³-hybridized carbons (Fsp3) is 0.938. The molecule has 4 heteroatoms. The van der Waals surface area contributed by atoms with E-state index in [9.17, 15) is 4.79 Å². The van der Waals surface area contributed by atoms with Gasteiger partial charge < -0.3 is 14.5 Å². The summed E-state index contributed by atoms with van der Waals surface area (Å²) in [5.74, 6) is 1.65. The van der Waals surface area contributed by atoms with Crippen LogP contribution in [0.25, 0.3) is 0 Å². The van der Waals surface area contributed by atoms with Crippen LogP contribution < -0.4 is 0 Å². The van der Waals surface area contributed by atoms with Crippen molar-refractivity contribution in [3.63, 3.8) is 0 Å². The van der Waals surface area contributed by atoms with Gasteiger partial charge in [-0.25, -0.2) is 0 Å². The summed E-state index contributed by atoms with van der Waals surface area (Å²) in [6.45, 7) is 7.43. The number of nitrogens with zero attached hydrogens (tertiary/aromatic N) is 2. The van der Waals surface area contributed by atoms with E-state index in [4.69, 9.17) is 4.74 Å². The number of likely N-dealkylation sites (tertiary alicyclic amines) is 2. The van der Waals surface area contributed by atoms with Crippen molar-refractivity contribution >= 4 is 5.91 Å². The van der Waals surface area contributed by atoms with Crippen LogP contribution >= 0.6 is 0 Å². The summed E-state index contributed by atoms with van der Waals surface area (Å²) in [7, 11) is 0. The van der Waals surface area contributed by atoms with E-state index in [1.165, 1.54) is 45.3 Å². The third-order valence-electron chi connectivity index (χ3n) is 5.17. The van der Waals surface area contributed by atoms with Crippen LogP contribution in [0.15, 0.2) is 0 Å². The van der Waals surface area contributed by atoms with Crippen molar-refractivity contribution in [3.05, 3.63) is 0 Å². The van der Waals surface area contributed by atoms with Gasteiger partial charge in [0.25, 0.3) is 0 Å². The van der Waals surface area contributed by atoms with Crippen molar-refractivity contribution < 1.29 is 9.53 Å². The maximum atomic E-state index is 12.3. The first-order valence-electron chi connectivity index (χ1n) is 8.39. The zero-order chi connectivity index (χ0) is 13.8.